The molecule has 0 saturated carbocycles. The van der Waals surface area contributed by atoms with E-state index in [2.05, 4.69) is 10.3 Å². The van der Waals surface area contributed by atoms with Gasteiger partial charge in [-0.05, 0) is 30.7 Å². The number of ether oxygens (including phenoxy) is 1. The van der Waals surface area contributed by atoms with E-state index in [0.29, 0.717) is 17.1 Å². The SMILES string of the molecule is CNc1cc(Oc2ccc3c(C)cc(=O)oc3c2)ccn1. The van der Waals surface area contributed by atoms with Gasteiger partial charge in [-0.3, -0.25) is 0 Å². The third kappa shape index (κ3) is 2.72. The van der Waals surface area contributed by atoms with Crippen molar-refractivity contribution in [3.05, 3.63) is 58.6 Å². The van der Waals surface area contributed by atoms with Gasteiger partial charge in [0.2, 0.25) is 0 Å². The smallest absolute Gasteiger partial charge is 0.336 e. The number of hydrogen-bond donors (Lipinski definition) is 1. The number of pyridine rings is 1. The summed E-state index contributed by atoms with van der Waals surface area (Å²) in [5, 5.41) is 3.84. The largest absolute Gasteiger partial charge is 0.457 e. The van der Waals surface area contributed by atoms with Crippen LogP contribution in [0.15, 0.2) is 51.8 Å². The lowest BCUT2D eigenvalue weighted by molar-refractivity contribution is 0.480. The quantitative estimate of drug-likeness (QED) is 0.746. The summed E-state index contributed by atoms with van der Waals surface area (Å²) in [6.07, 6.45) is 1.66. The first kappa shape index (κ1) is 13.2. The van der Waals surface area contributed by atoms with Crippen LogP contribution in [0.4, 0.5) is 5.82 Å². The van der Waals surface area contributed by atoms with Gasteiger partial charge in [0.1, 0.15) is 22.9 Å². The van der Waals surface area contributed by atoms with Gasteiger partial charge in [0.05, 0.1) is 0 Å². The van der Waals surface area contributed by atoms with Gasteiger partial charge in [-0.25, -0.2) is 9.78 Å². The maximum absolute atomic E-state index is 11.4. The average molecular weight is 282 g/mol. The van der Waals surface area contributed by atoms with Gasteiger partial charge in [-0.2, -0.15) is 0 Å². The molecular weight excluding hydrogens is 268 g/mol. The summed E-state index contributed by atoms with van der Waals surface area (Å²) in [5.41, 5.74) is 1.04. The fourth-order valence-corrected chi connectivity index (χ4v) is 2.12. The number of aryl methyl sites for hydroxylation is 1. The van der Waals surface area contributed by atoms with E-state index in [1.807, 2.05) is 19.1 Å². The van der Waals surface area contributed by atoms with E-state index in [0.717, 1.165) is 16.8 Å². The fourth-order valence-electron chi connectivity index (χ4n) is 2.12. The molecule has 0 spiro atoms. The summed E-state index contributed by atoms with van der Waals surface area (Å²) in [7, 11) is 1.79. The molecule has 2 aromatic heterocycles. The fraction of sp³-hybridized carbons (Fsp3) is 0.125. The molecule has 0 amide bonds. The van der Waals surface area contributed by atoms with Gasteiger partial charge >= 0.3 is 5.63 Å². The second kappa shape index (κ2) is 5.28. The Labute approximate surface area is 121 Å². The number of fused-ring (bicyclic) bond motifs is 1. The Morgan fingerprint density at radius 2 is 1.95 bits per heavy atom. The number of anilines is 1. The third-order valence-corrected chi connectivity index (χ3v) is 3.15. The molecule has 0 aliphatic carbocycles. The Balaban J connectivity index is 1.99. The minimum absolute atomic E-state index is 0.362. The minimum Gasteiger partial charge on any atom is -0.457 e. The molecule has 5 nitrogen and oxygen atoms in total. The molecule has 0 unspecified atom stereocenters. The maximum Gasteiger partial charge on any atom is 0.336 e. The van der Waals surface area contributed by atoms with Crippen LogP contribution < -0.4 is 15.7 Å². The highest BCUT2D eigenvalue weighted by Gasteiger charge is 2.05. The number of hydrogen-bond acceptors (Lipinski definition) is 5. The standard InChI is InChI=1S/C16H14N2O3/c1-10-7-16(19)21-14-8-11(3-4-13(10)14)20-12-5-6-18-15(9-12)17-2/h3-9H,1-2H3,(H,17,18). The first-order valence-corrected chi connectivity index (χ1v) is 6.52. The van der Waals surface area contributed by atoms with Gasteiger partial charge < -0.3 is 14.5 Å². The van der Waals surface area contributed by atoms with Gasteiger partial charge in [-0.15, -0.1) is 0 Å². The summed E-state index contributed by atoms with van der Waals surface area (Å²) in [6.45, 7) is 1.88. The number of rotatable bonds is 3. The maximum atomic E-state index is 11.4. The molecule has 0 fully saturated rings. The normalized spacial score (nSPS) is 10.6. The monoisotopic (exact) mass is 282 g/mol. The Bertz CT molecular complexity index is 856. The van der Waals surface area contributed by atoms with Crippen LogP contribution in [0.25, 0.3) is 11.0 Å². The topological polar surface area (TPSA) is 64.4 Å². The van der Waals surface area contributed by atoms with Crippen LogP contribution in [0.2, 0.25) is 0 Å². The third-order valence-electron chi connectivity index (χ3n) is 3.15. The van der Waals surface area contributed by atoms with Crippen molar-refractivity contribution in [2.24, 2.45) is 0 Å². The minimum atomic E-state index is -0.362. The molecule has 1 N–H and O–H groups in total. The molecule has 0 bridgehead atoms. The summed E-state index contributed by atoms with van der Waals surface area (Å²) in [4.78, 5) is 15.6. The van der Waals surface area contributed by atoms with Crippen LogP contribution in [0.5, 0.6) is 11.5 Å². The van der Waals surface area contributed by atoms with Crippen molar-refractivity contribution in [1.29, 1.82) is 0 Å². The van der Waals surface area contributed by atoms with E-state index in [1.54, 1.807) is 31.4 Å². The van der Waals surface area contributed by atoms with Crippen LogP contribution >= 0.6 is 0 Å². The molecule has 0 atom stereocenters. The predicted octanol–water partition coefficient (Wildman–Crippen LogP) is 3.33. The molecule has 0 aliphatic heterocycles. The summed E-state index contributed by atoms with van der Waals surface area (Å²) >= 11 is 0. The van der Waals surface area contributed by atoms with E-state index in [-0.39, 0.29) is 5.63 Å². The zero-order chi connectivity index (χ0) is 14.8. The zero-order valence-electron chi connectivity index (χ0n) is 11.7. The van der Waals surface area contributed by atoms with Crippen LogP contribution in [0, 0.1) is 6.92 Å². The highest BCUT2D eigenvalue weighted by molar-refractivity contribution is 5.81. The highest BCUT2D eigenvalue weighted by Crippen LogP contribution is 2.27. The highest BCUT2D eigenvalue weighted by atomic mass is 16.5. The Kier molecular flexibility index (Phi) is 3.31. The lowest BCUT2D eigenvalue weighted by Crippen LogP contribution is -1.98. The number of nitrogens with one attached hydrogen (secondary N) is 1. The van der Waals surface area contributed by atoms with Gasteiger partial charge in [0.15, 0.2) is 0 Å². The second-order valence-corrected chi connectivity index (χ2v) is 4.64. The van der Waals surface area contributed by atoms with Crippen molar-refractivity contribution < 1.29 is 9.15 Å². The molecule has 21 heavy (non-hydrogen) atoms. The lowest BCUT2D eigenvalue weighted by Gasteiger charge is -2.08. The molecule has 0 aliphatic rings. The Morgan fingerprint density at radius 1 is 1.14 bits per heavy atom. The average Bonchev–Trinajstić information content (AvgIpc) is 2.47. The molecule has 0 radical (unpaired) electrons. The lowest BCUT2D eigenvalue weighted by atomic mass is 10.1. The molecule has 3 rings (SSSR count). The van der Waals surface area contributed by atoms with Crippen LogP contribution in [-0.2, 0) is 0 Å². The van der Waals surface area contributed by atoms with Crippen LogP contribution in [-0.4, -0.2) is 12.0 Å². The van der Waals surface area contributed by atoms with Crippen molar-refractivity contribution in [1.82, 2.24) is 4.98 Å². The number of nitrogens with zero attached hydrogens (tertiary/aromatic N) is 1. The molecule has 0 saturated heterocycles. The summed E-state index contributed by atoms with van der Waals surface area (Å²) in [5.74, 6) is 1.98. The second-order valence-electron chi connectivity index (χ2n) is 4.64. The Hall–Kier alpha value is -2.82. The molecule has 106 valence electrons. The molecule has 3 aromatic rings. The zero-order valence-corrected chi connectivity index (χ0v) is 11.7. The van der Waals surface area contributed by atoms with Crippen molar-refractivity contribution in [2.75, 3.05) is 12.4 Å². The van der Waals surface area contributed by atoms with Crippen molar-refractivity contribution in [3.8, 4) is 11.5 Å². The van der Waals surface area contributed by atoms with E-state index in [9.17, 15) is 4.79 Å². The molecule has 1 aromatic carbocycles. The molecular formula is C16H14N2O3. The van der Waals surface area contributed by atoms with Crippen molar-refractivity contribution in [2.45, 2.75) is 6.92 Å². The molecule has 5 heteroatoms. The van der Waals surface area contributed by atoms with Gasteiger partial charge in [0.25, 0.3) is 0 Å². The Morgan fingerprint density at radius 3 is 2.76 bits per heavy atom. The van der Waals surface area contributed by atoms with E-state index in [1.165, 1.54) is 6.07 Å². The summed E-state index contributed by atoms with van der Waals surface area (Å²) in [6, 6.07) is 10.5. The first-order valence-electron chi connectivity index (χ1n) is 6.52. The van der Waals surface area contributed by atoms with E-state index < -0.39 is 0 Å². The van der Waals surface area contributed by atoms with E-state index >= 15 is 0 Å². The van der Waals surface area contributed by atoms with Crippen LogP contribution in [0.1, 0.15) is 5.56 Å². The molecule has 2 heterocycles. The van der Waals surface area contributed by atoms with Crippen LogP contribution in [0.3, 0.4) is 0 Å². The number of benzene rings is 1. The van der Waals surface area contributed by atoms with Crippen molar-refractivity contribution >= 4 is 16.8 Å². The summed E-state index contributed by atoms with van der Waals surface area (Å²) < 4.78 is 11.0. The van der Waals surface area contributed by atoms with E-state index in [4.69, 9.17) is 9.15 Å². The first-order chi connectivity index (χ1) is 10.2. The predicted molar refractivity (Wildman–Crippen MR) is 81.1 cm³/mol. The van der Waals surface area contributed by atoms with Crippen molar-refractivity contribution in [3.63, 3.8) is 0 Å². The van der Waals surface area contributed by atoms with Gasteiger partial charge in [-0.1, -0.05) is 0 Å². The van der Waals surface area contributed by atoms with Gasteiger partial charge in [0, 0.05) is 36.8 Å². The number of aromatic nitrogens is 1.